The predicted octanol–water partition coefficient (Wildman–Crippen LogP) is -0.517. The average molecular weight is 216 g/mol. The van der Waals surface area contributed by atoms with Crippen LogP contribution < -0.4 is 5.32 Å². The largest absolute Gasteiger partial charge is 0.480 e. The first kappa shape index (κ1) is 11.8. The van der Waals surface area contributed by atoms with E-state index in [9.17, 15) is 14.7 Å². The van der Waals surface area contributed by atoms with E-state index in [0.29, 0.717) is 6.54 Å². The number of carbonyl (C=O) groups excluding carboxylic acids is 1. The molecule has 2 amide bonds. The maximum absolute atomic E-state index is 11.4. The summed E-state index contributed by atoms with van der Waals surface area (Å²) in [5.74, 6) is -1.08. The Balaban J connectivity index is 2.46. The third-order valence-electron chi connectivity index (χ3n) is 2.57. The zero-order valence-electron chi connectivity index (χ0n) is 8.86. The van der Waals surface area contributed by atoms with Gasteiger partial charge in [-0.1, -0.05) is 13.8 Å². The first-order chi connectivity index (χ1) is 6.83. The van der Waals surface area contributed by atoms with Crippen LogP contribution in [-0.4, -0.2) is 52.9 Å². The molecule has 1 atom stereocenters. The molecular formula is C9H16N2O4. The molecule has 1 rings (SSSR count). The molecule has 1 aliphatic heterocycles. The molecule has 1 saturated heterocycles. The molecule has 1 heterocycles. The highest BCUT2D eigenvalue weighted by atomic mass is 16.4. The lowest BCUT2D eigenvalue weighted by molar-refractivity contribution is -0.135. The molecule has 15 heavy (non-hydrogen) atoms. The van der Waals surface area contributed by atoms with Gasteiger partial charge >= 0.3 is 12.0 Å². The number of hydrogen-bond acceptors (Lipinski definition) is 3. The number of likely N-dealkylation sites (tertiary alicyclic amines) is 1. The van der Waals surface area contributed by atoms with Crippen LogP contribution in [0, 0.1) is 5.41 Å². The Morgan fingerprint density at radius 3 is 2.53 bits per heavy atom. The SMILES string of the molecule is CC1(C)CN(C(=O)NCC(=O)O)CC1O. The molecule has 0 aliphatic carbocycles. The number of aliphatic carboxylic acids is 1. The number of nitrogens with one attached hydrogen (secondary N) is 1. The molecule has 1 fully saturated rings. The average Bonchev–Trinajstić information content (AvgIpc) is 2.37. The Hall–Kier alpha value is -1.30. The quantitative estimate of drug-likeness (QED) is 0.579. The summed E-state index contributed by atoms with van der Waals surface area (Å²) >= 11 is 0. The van der Waals surface area contributed by atoms with Gasteiger partial charge in [0.05, 0.1) is 6.10 Å². The summed E-state index contributed by atoms with van der Waals surface area (Å²) in [6, 6.07) is -0.443. The van der Waals surface area contributed by atoms with Gasteiger partial charge in [-0.05, 0) is 0 Å². The minimum Gasteiger partial charge on any atom is -0.480 e. The minimum absolute atomic E-state index is 0.248. The molecule has 0 radical (unpaired) electrons. The fraction of sp³-hybridized carbons (Fsp3) is 0.778. The number of carbonyl (C=O) groups is 2. The van der Waals surface area contributed by atoms with E-state index in [2.05, 4.69) is 5.32 Å². The van der Waals surface area contributed by atoms with E-state index >= 15 is 0 Å². The Kier molecular flexibility index (Phi) is 3.18. The van der Waals surface area contributed by atoms with Gasteiger partial charge in [-0.15, -0.1) is 0 Å². The molecule has 3 N–H and O–H groups in total. The topological polar surface area (TPSA) is 89.9 Å². The first-order valence-electron chi connectivity index (χ1n) is 4.75. The van der Waals surface area contributed by atoms with Crippen molar-refractivity contribution in [2.75, 3.05) is 19.6 Å². The summed E-state index contributed by atoms with van der Waals surface area (Å²) in [6.45, 7) is 4.01. The molecule has 6 heteroatoms. The van der Waals surface area contributed by atoms with Crippen LogP contribution in [-0.2, 0) is 4.79 Å². The Morgan fingerprint density at radius 1 is 1.53 bits per heavy atom. The number of rotatable bonds is 2. The van der Waals surface area contributed by atoms with Crippen LogP contribution in [0.3, 0.4) is 0 Å². The van der Waals surface area contributed by atoms with Gasteiger partial charge in [-0.3, -0.25) is 4.79 Å². The van der Waals surface area contributed by atoms with Crippen molar-refractivity contribution in [2.24, 2.45) is 5.41 Å². The van der Waals surface area contributed by atoms with E-state index in [1.54, 1.807) is 0 Å². The zero-order valence-corrected chi connectivity index (χ0v) is 8.86. The van der Waals surface area contributed by atoms with Gasteiger partial charge in [0.15, 0.2) is 0 Å². The van der Waals surface area contributed by atoms with Crippen molar-refractivity contribution >= 4 is 12.0 Å². The summed E-state index contributed by atoms with van der Waals surface area (Å²) < 4.78 is 0. The van der Waals surface area contributed by atoms with Crippen molar-refractivity contribution in [3.8, 4) is 0 Å². The lowest BCUT2D eigenvalue weighted by Crippen LogP contribution is -2.41. The number of aliphatic hydroxyl groups excluding tert-OH is 1. The molecule has 86 valence electrons. The molecule has 0 aromatic carbocycles. The van der Waals surface area contributed by atoms with Crippen LogP contribution in [0.5, 0.6) is 0 Å². The molecule has 0 aromatic rings. The number of nitrogens with zero attached hydrogens (tertiary/aromatic N) is 1. The third kappa shape index (κ3) is 2.82. The van der Waals surface area contributed by atoms with E-state index in [4.69, 9.17) is 5.11 Å². The van der Waals surface area contributed by atoms with Crippen molar-refractivity contribution < 1.29 is 19.8 Å². The lowest BCUT2D eigenvalue weighted by atomic mass is 9.90. The highest BCUT2D eigenvalue weighted by Crippen LogP contribution is 2.29. The second kappa shape index (κ2) is 4.06. The van der Waals surface area contributed by atoms with Crippen LogP contribution >= 0.6 is 0 Å². The number of aliphatic hydroxyl groups is 1. The van der Waals surface area contributed by atoms with E-state index < -0.39 is 24.6 Å². The molecule has 6 nitrogen and oxygen atoms in total. The minimum atomic E-state index is -1.08. The number of urea groups is 1. The van der Waals surface area contributed by atoms with E-state index in [-0.39, 0.29) is 12.0 Å². The van der Waals surface area contributed by atoms with Crippen LogP contribution in [0.1, 0.15) is 13.8 Å². The van der Waals surface area contributed by atoms with Crippen LogP contribution in [0.25, 0.3) is 0 Å². The van der Waals surface area contributed by atoms with Gasteiger partial charge in [0.1, 0.15) is 6.54 Å². The van der Waals surface area contributed by atoms with Crippen molar-refractivity contribution in [1.82, 2.24) is 10.2 Å². The highest BCUT2D eigenvalue weighted by Gasteiger charge is 2.40. The molecule has 0 aromatic heterocycles. The molecule has 0 saturated carbocycles. The number of amides is 2. The van der Waals surface area contributed by atoms with Crippen molar-refractivity contribution in [2.45, 2.75) is 20.0 Å². The summed E-state index contributed by atoms with van der Waals surface area (Å²) in [4.78, 5) is 23.1. The standard InChI is InChI=1S/C9H16N2O4/c1-9(2)5-11(4-6(9)12)8(15)10-3-7(13)14/h6,12H,3-5H2,1-2H3,(H,10,15)(H,13,14). The monoisotopic (exact) mass is 216 g/mol. The van der Waals surface area contributed by atoms with Gasteiger partial charge in [-0.2, -0.15) is 0 Å². The fourth-order valence-corrected chi connectivity index (χ4v) is 1.54. The third-order valence-corrected chi connectivity index (χ3v) is 2.57. The summed E-state index contributed by atoms with van der Waals surface area (Å²) in [5.41, 5.74) is -0.333. The molecule has 0 spiro atoms. The molecule has 1 aliphatic rings. The van der Waals surface area contributed by atoms with Crippen LogP contribution in [0.2, 0.25) is 0 Å². The molecule has 1 unspecified atom stereocenters. The lowest BCUT2D eigenvalue weighted by Gasteiger charge is -2.20. The second-order valence-corrected chi connectivity index (χ2v) is 4.44. The van der Waals surface area contributed by atoms with Gasteiger partial charge < -0.3 is 20.4 Å². The number of carboxylic acids is 1. The van der Waals surface area contributed by atoms with E-state index in [1.807, 2.05) is 13.8 Å². The summed E-state index contributed by atoms with van der Waals surface area (Å²) in [5, 5.41) is 20.3. The number of hydrogen-bond donors (Lipinski definition) is 3. The van der Waals surface area contributed by atoms with Crippen LogP contribution in [0.15, 0.2) is 0 Å². The maximum Gasteiger partial charge on any atom is 0.323 e. The van der Waals surface area contributed by atoms with Gasteiger partial charge in [0.25, 0.3) is 0 Å². The zero-order chi connectivity index (χ0) is 11.6. The van der Waals surface area contributed by atoms with Gasteiger partial charge in [0.2, 0.25) is 0 Å². The van der Waals surface area contributed by atoms with E-state index in [0.717, 1.165) is 0 Å². The van der Waals surface area contributed by atoms with Crippen molar-refractivity contribution in [3.05, 3.63) is 0 Å². The predicted molar refractivity (Wildman–Crippen MR) is 52.4 cm³/mol. The van der Waals surface area contributed by atoms with Gasteiger partial charge in [-0.25, -0.2) is 4.79 Å². The Labute approximate surface area is 87.9 Å². The second-order valence-electron chi connectivity index (χ2n) is 4.44. The molecular weight excluding hydrogens is 200 g/mol. The maximum atomic E-state index is 11.4. The Bertz CT molecular complexity index is 277. The summed E-state index contributed by atoms with van der Waals surface area (Å²) in [7, 11) is 0. The smallest absolute Gasteiger partial charge is 0.323 e. The van der Waals surface area contributed by atoms with Gasteiger partial charge in [0, 0.05) is 18.5 Å². The fourth-order valence-electron chi connectivity index (χ4n) is 1.54. The van der Waals surface area contributed by atoms with Crippen molar-refractivity contribution in [1.29, 1.82) is 0 Å². The van der Waals surface area contributed by atoms with E-state index in [1.165, 1.54) is 4.90 Å². The van der Waals surface area contributed by atoms with Crippen molar-refractivity contribution in [3.63, 3.8) is 0 Å². The number of β-amino-alcohol motifs (C(OH)–C–C–N with tert-alkyl or cyclic N) is 1. The Morgan fingerprint density at radius 2 is 2.13 bits per heavy atom. The first-order valence-corrected chi connectivity index (χ1v) is 4.75. The summed E-state index contributed by atoms with van der Waals surface area (Å²) in [6.07, 6.45) is -0.562. The number of carboxylic acid groups (broad SMARTS) is 1. The highest BCUT2D eigenvalue weighted by molar-refractivity contribution is 5.80. The normalized spacial score (nSPS) is 23.9. The van der Waals surface area contributed by atoms with Crippen LogP contribution in [0.4, 0.5) is 4.79 Å². The molecule has 0 bridgehead atoms.